The van der Waals surface area contributed by atoms with Crippen LogP contribution in [0, 0.1) is 5.92 Å². The molecular formula is C25H32N6O. The van der Waals surface area contributed by atoms with Crippen molar-refractivity contribution in [3.8, 4) is 5.69 Å². The highest BCUT2D eigenvalue weighted by Gasteiger charge is 2.06. The lowest BCUT2D eigenvalue weighted by Crippen LogP contribution is -2.38. The van der Waals surface area contributed by atoms with Gasteiger partial charge in [-0.25, -0.2) is 9.67 Å². The molecule has 0 aliphatic carbocycles. The number of carbonyl (C=O) groups is 1. The molecule has 0 radical (unpaired) electrons. The Bertz CT molecular complexity index is 992. The molecule has 32 heavy (non-hydrogen) atoms. The number of hydrogen-bond acceptors (Lipinski definition) is 3. The second-order valence-corrected chi connectivity index (χ2v) is 7.83. The third kappa shape index (κ3) is 6.97. The molecule has 1 amide bonds. The zero-order chi connectivity index (χ0) is 22.8. The van der Waals surface area contributed by atoms with Gasteiger partial charge in [0.2, 0.25) is 5.91 Å². The largest absolute Gasteiger partial charge is 0.357 e. The maximum atomic E-state index is 11.8. The van der Waals surface area contributed by atoms with Crippen LogP contribution in [0.1, 0.15) is 31.9 Å². The van der Waals surface area contributed by atoms with Crippen molar-refractivity contribution < 1.29 is 4.79 Å². The van der Waals surface area contributed by atoms with Gasteiger partial charge in [-0.15, -0.1) is 0 Å². The zero-order valence-corrected chi connectivity index (χ0v) is 19.0. The first-order valence-corrected chi connectivity index (χ1v) is 11.1. The summed E-state index contributed by atoms with van der Waals surface area (Å²) in [6.45, 7) is 7.95. The smallest absolute Gasteiger partial charge is 0.226 e. The molecule has 0 aliphatic rings. The lowest BCUT2D eigenvalue weighted by atomic mass is 10.1. The summed E-state index contributed by atoms with van der Waals surface area (Å²) in [6, 6.07) is 18.1. The minimum atomic E-state index is -0.0395. The topological polar surface area (TPSA) is 83.3 Å². The summed E-state index contributed by atoms with van der Waals surface area (Å²) >= 11 is 0. The first-order chi connectivity index (χ1) is 15.5. The molecule has 2 aromatic carbocycles. The second kappa shape index (κ2) is 11.7. The fourth-order valence-electron chi connectivity index (χ4n) is 3.05. The van der Waals surface area contributed by atoms with Crippen molar-refractivity contribution in [1.29, 1.82) is 0 Å². The number of rotatable bonds is 9. The number of aliphatic imine (C=N–C) groups is 1. The number of anilines is 1. The van der Waals surface area contributed by atoms with Gasteiger partial charge >= 0.3 is 0 Å². The van der Waals surface area contributed by atoms with E-state index in [1.165, 1.54) is 5.56 Å². The molecule has 0 saturated carbocycles. The normalized spacial score (nSPS) is 11.4. The van der Waals surface area contributed by atoms with Gasteiger partial charge in [-0.05, 0) is 54.8 Å². The maximum absolute atomic E-state index is 11.8. The van der Waals surface area contributed by atoms with Crippen LogP contribution < -0.4 is 16.0 Å². The number of benzene rings is 2. The fourth-order valence-corrected chi connectivity index (χ4v) is 3.05. The standard InChI is InChI=1S/C25H32N6O/c1-4-26-25(28-18-21-6-10-22(11-7-21)30-24(32)19(2)3)27-16-14-20-8-12-23(13-9-20)31-17-5-15-29-31/h5-13,15,17,19H,4,14,16,18H2,1-3H3,(H,30,32)(H2,26,27,28). The van der Waals surface area contributed by atoms with Gasteiger partial charge in [0.05, 0.1) is 12.2 Å². The van der Waals surface area contributed by atoms with E-state index in [9.17, 15) is 4.79 Å². The van der Waals surface area contributed by atoms with Crippen LogP contribution >= 0.6 is 0 Å². The molecule has 0 unspecified atom stereocenters. The molecule has 0 spiro atoms. The van der Waals surface area contributed by atoms with Gasteiger partial charge in [0.25, 0.3) is 0 Å². The summed E-state index contributed by atoms with van der Waals surface area (Å²) in [6.07, 6.45) is 4.61. The number of hydrogen-bond donors (Lipinski definition) is 3. The van der Waals surface area contributed by atoms with Crippen LogP contribution in [0.15, 0.2) is 72.0 Å². The van der Waals surface area contributed by atoms with Crippen molar-refractivity contribution in [2.24, 2.45) is 10.9 Å². The summed E-state index contributed by atoms with van der Waals surface area (Å²) in [5.41, 5.74) is 4.19. The molecule has 0 bridgehead atoms. The predicted molar refractivity (Wildman–Crippen MR) is 130 cm³/mol. The Kier molecular flexibility index (Phi) is 8.43. The van der Waals surface area contributed by atoms with Gasteiger partial charge in [0.15, 0.2) is 5.96 Å². The number of nitrogens with one attached hydrogen (secondary N) is 3. The quantitative estimate of drug-likeness (QED) is 0.355. The lowest BCUT2D eigenvalue weighted by Gasteiger charge is -2.12. The first kappa shape index (κ1) is 23.1. The van der Waals surface area contributed by atoms with Crippen molar-refractivity contribution in [3.63, 3.8) is 0 Å². The van der Waals surface area contributed by atoms with E-state index in [-0.39, 0.29) is 11.8 Å². The van der Waals surface area contributed by atoms with E-state index in [2.05, 4.69) is 57.2 Å². The zero-order valence-electron chi connectivity index (χ0n) is 19.0. The minimum Gasteiger partial charge on any atom is -0.357 e. The van der Waals surface area contributed by atoms with Gasteiger partial charge in [0.1, 0.15) is 0 Å². The third-order valence-corrected chi connectivity index (χ3v) is 4.92. The summed E-state index contributed by atoms with van der Waals surface area (Å²) in [5.74, 6) is 0.769. The van der Waals surface area contributed by atoms with E-state index in [0.29, 0.717) is 6.54 Å². The fraction of sp³-hybridized carbons (Fsp3) is 0.320. The number of aromatic nitrogens is 2. The van der Waals surface area contributed by atoms with E-state index in [0.717, 1.165) is 42.4 Å². The van der Waals surface area contributed by atoms with E-state index >= 15 is 0 Å². The van der Waals surface area contributed by atoms with Crippen LogP contribution in [0.25, 0.3) is 5.69 Å². The Balaban J connectivity index is 1.49. The van der Waals surface area contributed by atoms with Crippen molar-refractivity contribution in [2.45, 2.75) is 33.7 Å². The summed E-state index contributed by atoms with van der Waals surface area (Å²) < 4.78 is 1.85. The van der Waals surface area contributed by atoms with Crippen molar-refractivity contribution in [1.82, 2.24) is 20.4 Å². The van der Waals surface area contributed by atoms with Crippen molar-refractivity contribution in [2.75, 3.05) is 18.4 Å². The predicted octanol–water partition coefficient (Wildman–Crippen LogP) is 3.76. The van der Waals surface area contributed by atoms with Crippen molar-refractivity contribution in [3.05, 3.63) is 78.1 Å². The van der Waals surface area contributed by atoms with Crippen molar-refractivity contribution >= 4 is 17.6 Å². The lowest BCUT2D eigenvalue weighted by molar-refractivity contribution is -0.118. The average Bonchev–Trinajstić information content (AvgIpc) is 3.34. The summed E-state index contributed by atoms with van der Waals surface area (Å²) in [5, 5.41) is 13.8. The van der Waals surface area contributed by atoms with Crippen LogP contribution in [-0.2, 0) is 17.8 Å². The van der Waals surface area contributed by atoms with E-state index < -0.39 is 0 Å². The molecule has 0 fully saturated rings. The van der Waals surface area contributed by atoms with Crippen LogP contribution in [0.2, 0.25) is 0 Å². The molecule has 3 N–H and O–H groups in total. The summed E-state index contributed by atoms with van der Waals surface area (Å²) in [7, 11) is 0. The highest BCUT2D eigenvalue weighted by molar-refractivity contribution is 5.92. The Labute approximate surface area is 190 Å². The monoisotopic (exact) mass is 432 g/mol. The Morgan fingerprint density at radius 2 is 1.75 bits per heavy atom. The Morgan fingerprint density at radius 3 is 2.38 bits per heavy atom. The Hall–Kier alpha value is -3.61. The molecule has 0 aliphatic heterocycles. The third-order valence-electron chi connectivity index (χ3n) is 4.92. The molecule has 1 aromatic heterocycles. The Morgan fingerprint density at radius 1 is 1.03 bits per heavy atom. The van der Waals surface area contributed by atoms with E-state index in [4.69, 9.17) is 0 Å². The molecule has 3 aromatic rings. The van der Waals surface area contributed by atoms with Gasteiger partial charge in [-0.1, -0.05) is 38.1 Å². The molecule has 3 rings (SSSR count). The van der Waals surface area contributed by atoms with Crippen LogP contribution in [0.3, 0.4) is 0 Å². The molecule has 168 valence electrons. The molecular weight excluding hydrogens is 400 g/mol. The van der Waals surface area contributed by atoms with Gasteiger partial charge < -0.3 is 16.0 Å². The molecule has 0 saturated heterocycles. The first-order valence-electron chi connectivity index (χ1n) is 11.1. The number of guanidine groups is 1. The van der Waals surface area contributed by atoms with E-state index in [1.54, 1.807) is 6.20 Å². The maximum Gasteiger partial charge on any atom is 0.226 e. The van der Waals surface area contributed by atoms with Crippen LogP contribution in [0.5, 0.6) is 0 Å². The van der Waals surface area contributed by atoms with E-state index in [1.807, 2.05) is 55.1 Å². The molecule has 7 heteroatoms. The minimum absolute atomic E-state index is 0.0189. The van der Waals surface area contributed by atoms with Gasteiger partial charge in [0, 0.05) is 37.1 Å². The molecule has 0 atom stereocenters. The number of amides is 1. The average molecular weight is 433 g/mol. The molecule has 1 heterocycles. The van der Waals surface area contributed by atoms with Gasteiger partial charge in [-0.2, -0.15) is 5.10 Å². The SMILES string of the molecule is CCNC(=NCc1ccc(NC(=O)C(C)C)cc1)NCCc1ccc(-n2cccn2)cc1. The number of nitrogens with zero attached hydrogens (tertiary/aromatic N) is 3. The highest BCUT2D eigenvalue weighted by Crippen LogP contribution is 2.12. The second-order valence-electron chi connectivity index (χ2n) is 7.83. The van der Waals surface area contributed by atoms with Gasteiger partial charge in [-0.3, -0.25) is 4.79 Å². The van der Waals surface area contributed by atoms with Crippen LogP contribution in [-0.4, -0.2) is 34.7 Å². The summed E-state index contributed by atoms with van der Waals surface area (Å²) in [4.78, 5) is 16.5. The highest BCUT2D eigenvalue weighted by atomic mass is 16.1. The van der Waals surface area contributed by atoms with Crippen LogP contribution in [0.4, 0.5) is 5.69 Å². The molecule has 7 nitrogen and oxygen atoms in total. The number of carbonyl (C=O) groups excluding carboxylic acids is 1.